The number of nitrogens with one attached hydrogen (secondary N) is 2. The van der Waals surface area contributed by atoms with Crippen molar-refractivity contribution in [2.24, 2.45) is 0 Å². The lowest BCUT2D eigenvalue weighted by molar-refractivity contribution is -0.116. The minimum atomic E-state index is -0.533. The lowest BCUT2D eigenvalue weighted by atomic mass is 10.2. The predicted molar refractivity (Wildman–Crippen MR) is 99.8 cm³/mol. The first kappa shape index (κ1) is 17.5. The summed E-state index contributed by atoms with van der Waals surface area (Å²) in [6.07, 6.45) is 0.0764. The Morgan fingerprint density at radius 1 is 1.19 bits per heavy atom. The third-order valence-corrected chi connectivity index (χ3v) is 4.10. The molecule has 1 aromatic heterocycles. The molecule has 0 aliphatic rings. The molecule has 1 amide bonds. The Labute approximate surface area is 149 Å². The molecule has 134 valence electrons. The molecule has 0 aliphatic heterocycles. The van der Waals surface area contributed by atoms with Crippen LogP contribution >= 0.6 is 0 Å². The number of anilines is 1. The Morgan fingerprint density at radius 3 is 2.73 bits per heavy atom. The number of amides is 1. The summed E-state index contributed by atoms with van der Waals surface area (Å²) in [5.74, 6) is 0.312. The van der Waals surface area contributed by atoms with Crippen molar-refractivity contribution in [3.8, 4) is 5.75 Å². The van der Waals surface area contributed by atoms with Crippen molar-refractivity contribution in [2.75, 3.05) is 12.4 Å². The van der Waals surface area contributed by atoms with Crippen LogP contribution in [0.15, 0.2) is 52.1 Å². The Kier molecular flexibility index (Phi) is 4.88. The zero-order valence-corrected chi connectivity index (χ0v) is 14.5. The molecule has 2 aromatic carbocycles. The van der Waals surface area contributed by atoms with E-state index in [1.54, 1.807) is 30.3 Å². The summed E-state index contributed by atoms with van der Waals surface area (Å²) in [6.45, 7) is 2.07. The Morgan fingerprint density at radius 2 is 1.96 bits per heavy atom. The molecule has 0 bridgehead atoms. The molecule has 0 saturated heterocycles. The molecular weight excluding hydrogens is 334 g/mol. The minimum absolute atomic E-state index is 0.0764. The number of hydrogen-bond donors (Lipinski definition) is 2. The summed E-state index contributed by atoms with van der Waals surface area (Å²) in [7, 11) is 1.53. The fourth-order valence-electron chi connectivity index (χ4n) is 2.81. The second kappa shape index (κ2) is 7.26. The van der Waals surface area contributed by atoms with Crippen LogP contribution in [0.5, 0.6) is 5.75 Å². The number of carbonyl (C=O) groups is 1. The van der Waals surface area contributed by atoms with Gasteiger partial charge in [-0.3, -0.25) is 19.1 Å². The van der Waals surface area contributed by atoms with Crippen LogP contribution in [0, 0.1) is 6.92 Å². The highest BCUT2D eigenvalue weighted by atomic mass is 16.5. The monoisotopic (exact) mass is 353 g/mol. The molecule has 2 N–H and O–H groups in total. The zero-order valence-electron chi connectivity index (χ0n) is 14.5. The van der Waals surface area contributed by atoms with E-state index in [1.807, 2.05) is 19.1 Å². The Bertz CT molecular complexity index is 1080. The Hall–Kier alpha value is -3.35. The summed E-state index contributed by atoms with van der Waals surface area (Å²) in [6, 6.07) is 12.3. The van der Waals surface area contributed by atoms with Crippen LogP contribution in [0.25, 0.3) is 10.9 Å². The minimum Gasteiger partial charge on any atom is -0.495 e. The largest absolute Gasteiger partial charge is 0.495 e. The normalized spacial score (nSPS) is 10.7. The zero-order chi connectivity index (χ0) is 18.7. The van der Waals surface area contributed by atoms with Crippen LogP contribution in [0.3, 0.4) is 0 Å². The molecule has 0 aliphatic carbocycles. The van der Waals surface area contributed by atoms with Crippen molar-refractivity contribution >= 4 is 22.5 Å². The van der Waals surface area contributed by atoms with E-state index in [0.29, 0.717) is 22.3 Å². The number of methoxy groups -OCH3 is 1. The second-order valence-corrected chi connectivity index (χ2v) is 5.93. The highest BCUT2D eigenvalue weighted by Gasteiger charge is 2.11. The van der Waals surface area contributed by atoms with Gasteiger partial charge in [-0.15, -0.1) is 0 Å². The summed E-state index contributed by atoms with van der Waals surface area (Å²) < 4.78 is 6.64. The number of rotatable bonds is 5. The molecule has 0 radical (unpaired) electrons. The van der Waals surface area contributed by atoms with E-state index in [9.17, 15) is 14.4 Å². The number of carbonyl (C=O) groups excluding carboxylic acids is 1. The predicted octanol–water partition coefficient (Wildman–Crippen LogP) is 2.04. The van der Waals surface area contributed by atoms with Gasteiger partial charge in [0.05, 0.1) is 23.7 Å². The van der Waals surface area contributed by atoms with Crippen LogP contribution in [0.4, 0.5) is 5.69 Å². The highest BCUT2D eigenvalue weighted by molar-refractivity contribution is 5.92. The summed E-state index contributed by atoms with van der Waals surface area (Å²) >= 11 is 0. The first-order valence-electron chi connectivity index (χ1n) is 8.16. The van der Waals surface area contributed by atoms with Gasteiger partial charge in [-0.25, -0.2) is 4.79 Å². The van der Waals surface area contributed by atoms with E-state index in [4.69, 9.17) is 4.74 Å². The molecule has 0 unspecified atom stereocenters. The van der Waals surface area contributed by atoms with Crippen LogP contribution in [-0.4, -0.2) is 22.6 Å². The Balaban J connectivity index is 1.81. The van der Waals surface area contributed by atoms with Crippen molar-refractivity contribution in [1.82, 2.24) is 9.55 Å². The fourth-order valence-corrected chi connectivity index (χ4v) is 2.81. The summed E-state index contributed by atoms with van der Waals surface area (Å²) in [5, 5.41) is 3.21. The van der Waals surface area contributed by atoms with Crippen LogP contribution in [0.2, 0.25) is 0 Å². The lowest BCUT2D eigenvalue weighted by Gasteiger charge is -2.12. The van der Waals surface area contributed by atoms with Crippen LogP contribution in [-0.2, 0) is 11.3 Å². The highest BCUT2D eigenvalue weighted by Crippen LogP contribution is 2.25. The molecule has 7 nitrogen and oxygen atoms in total. The van der Waals surface area contributed by atoms with Crippen molar-refractivity contribution in [2.45, 2.75) is 19.9 Å². The topological polar surface area (TPSA) is 93.2 Å². The van der Waals surface area contributed by atoms with Gasteiger partial charge in [-0.2, -0.15) is 0 Å². The third kappa shape index (κ3) is 3.51. The maximum Gasteiger partial charge on any atom is 0.328 e. The molecule has 3 rings (SSSR count). The number of benzene rings is 2. The van der Waals surface area contributed by atoms with Gasteiger partial charge in [-0.1, -0.05) is 18.2 Å². The number of aromatic nitrogens is 2. The molecule has 1 heterocycles. The smallest absolute Gasteiger partial charge is 0.328 e. The van der Waals surface area contributed by atoms with E-state index in [1.165, 1.54) is 11.7 Å². The van der Waals surface area contributed by atoms with Crippen molar-refractivity contribution in [3.63, 3.8) is 0 Å². The molecule has 0 saturated carbocycles. The van der Waals surface area contributed by atoms with E-state index >= 15 is 0 Å². The lowest BCUT2D eigenvalue weighted by Crippen LogP contribution is -2.31. The fraction of sp³-hybridized carbons (Fsp3) is 0.211. The maximum absolute atomic E-state index is 12.3. The van der Waals surface area contributed by atoms with E-state index in [0.717, 1.165) is 5.56 Å². The maximum atomic E-state index is 12.3. The van der Waals surface area contributed by atoms with Gasteiger partial charge in [0.1, 0.15) is 5.75 Å². The molecule has 0 fully saturated rings. The van der Waals surface area contributed by atoms with Crippen molar-refractivity contribution < 1.29 is 9.53 Å². The van der Waals surface area contributed by atoms with Crippen molar-refractivity contribution in [3.05, 3.63) is 68.9 Å². The van der Waals surface area contributed by atoms with Gasteiger partial charge in [0.15, 0.2) is 0 Å². The van der Waals surface area contributed by atoms with Gasteiger partial charge < -0.3 is 10.1 Å². The summed E-state index contributed by atoms with van der Waals surface area (Å²) in [4.78, 5) is 38.6. The van der Waals surface area contributed by atoms with E-state index in [-0.39, 0.29) is 18.9 Å². The number of ether oxygens (including phenoxy) is 1. The first-order valence-corrected chi connectivity index (χ1v) is 8.16. The average Bonchev–Trinajstić information content (AvgIpc) is 2.62. The van der Waals surface area contributed by atoms with Gasteiger partial charge in [0.25, 0.3) is 5.56 Å². The number of para-hydroxylation sites is 1. The molecule has 0 atom stereocenters. The van der Waals surface area contributed by atoms with Gasteiger partial charge in [0.2, 0.25) is 5.91 Å². The number of nitrogens with zero attached hydrogens (tertiary/aromatic N) is 1. The van der Waals surface area contributed by atoms with Crippen molar-refractivity contribution in [1.29, 1.82) is 0 Å². The SMILES string of the molecule is COc1ccc(C)cc1NC(=O)CCn1c(=O)[nH]c(=O)c2ccccc21. The molecule has 0 spiro atoms. The summed E-state index contributed by atoms with van der Waals surface area (Å²) in [5.41, 5.74) is 1.10. The van der Waals surface area contributed by atoms with Gasteiger partial charge in [0, 0.05) is 13.0 Å². The van der Waals surface area contributed by atoms with Gasteiger partial charge >= 0.3 is 5.69 Å². The van der Waals surface area contributed by atoms with Crippen LogP contribution in [0.1, 0.15) is 12.0 Å². The first-order chi connectivity index (χ1) is 12.5. The van der Waals surface area contributed by atoms with Gasteiger partial charge in [-0.05, 0) is 36.8 Å². The molecule has 7 heteroatoms. The van der Waals surface area contributed by atoms with E-state index in [2.05, 4.69) is 10.3 Å². The molecule has 3 aromatic rings. The quantitative estimate of drug-likeness (QED) is 0.734. The van der Waals surface area contributed by atoms with Crippen LogP contribution < -0.4 is 21.3 Å². The standard InChI is InChI=1S/C19H19N3O4/c1-12-7-8-16(26-2)14(11-12)20-17(23)9-10-22-15-6-4-3-5-13(15)18(24)21-19(22)25/h3-8,11H,9-10H2,1-2H3,(H,20,23)(H,21,24,25). The number of aryl methyl sites for hydroxylation is 2. The molecular formula is C19H19N3O4. The number of fused-ring (bicyclic) bond motifs is 1. The average molecular weight is 353 g/mol. The number of aromatic amines is 1. The van der Waals surface area contributed by atoms with E-state index < -0.39 is 11.2 Å². The number of H-pyrrole nitrogens is 1. The third-order valence-electron chi connectivity index (χ3n) is 4.10. The molecule has 26 heavy (non-hydrogen) atoms. The number of hydrogen-bond acceptors (Lipinski definition) is 4. The second-order valence-electron chi connectivity index (χ2n) is 5.93.